The zero-order chi connectivity index (χ0) is 13.5. The average Bonchev–Trinajstić information content (AvgIpc) is 2.29. The molecule has 0 amide bonds. The van der Waals surface area contributed by atoms with Gasteiger partial charge in [-0.1, -0.05) is 19.8 Å². The van der Waals surface area contributed by atoms with Crippen LogP contribution in [0.15, 0.2) is 0 Å². The first-order valence-corrected chi connectivity index (χ1v) is 7.68. The highest BCUT2D eigenvalue weighted by molar-refractivity contribution is 4.82. The highest BCUT2D eigenvalue weighted by Gasteiger charge is 2.23. The molecule has 0 aromatic heterocycles. The lowest BCUT2D eigenvalue weighted by Crippen LogP contribution is -2.46. The van der Waals surface area contributed by atoms with Crippen molar-refractivity contribution in [2.45, 2.75) is 89.9 Å². The molecule has 0 radical (unpaired) electrons. The van der Waals surface area contributed by atoms with E-state index < -0.39 is 0 Å². The third-order valence-electron chi connectivity index (χ3n) is 4.09. The maximum Gasteiger partial charge on any atom is 0.0693 e. The van der Waals surface area contributed by atoms with Crippen molar-refractivity contribution in [3.05, 3.63) is 0 Å². The van der Waals surface area contributed by atoms with Crippen LogP contribution in [0.5, 0.6) is 0 Å². The van der Waals surface area contributed by atoms with Crippen molar-refractivity contribution in [3.63, 3.8) is 0 Å². The molecule has 0 aromatic carbocycles. The summed E-state index contributed by atoms with van der Waals surface area (Å²) in [7, 11) is 0. The van der Waals surface area contributed by atoms with E-state index in [1.54, 1.807) is 0 Å². The largest absolute Gasteiger partial charge is 0.392 e. The van der Waals surface area contributed by atoms with E-state index in [1.807, 2.05) is 0 Å². The molecular weight excluding hydrogens is 224 g/mol. The summed E-state index contributed by atoms with van der Waals surface area (Å²) in [5.74, 6) is 0.700. The van der Waals surface area contributed by atoms with Crippen molar-refractivity contribution < 1.29 is 5.11 Å². The van der Waals surface area contributed by atoms with Gasteiger partial charge in [0.05, 0.1) is 6.10 Å². The molecule has 0 heterocycles. The Balaban J connectivity index is 2.18. The third kappa shape index (κ3) is 6.17. The molecule has 18 heavy (non-hydrogen) atoms. The van der Waals surface area contributed by atoms with Crippen molar-refractivity contribution >= 4 is 0 Å². The Morgan fingerprint density at radius 3 is 2.44 bits per heavy atom. The zero-order valence-corrected chi connectivity index (χ0v) is 12.4. The van der Waals surface area contributed by atoms with Crippen LogP contribution in [0.2, 0.25) is 0 Å². The number of hydrogen-bond acceptors (Lipinski definition) is 3. The normalized spacial score (nSPS) is 29.8. The molecule has 5 unspecified atom stereocenters. The first-order valence-electron chi connectivity index (χ1n) is 7.68. The summed E-state index contributed by atoms with van der Waals surface area (Å²) in [6.07, 6.45) is 7.89. The first kappa shape index (κ1) is 15.9. The molecule has 0 spiro atoms. The van der Waals surface area contributed by atoms with Crippen LogP contribution in [0.3, 0.4) is 0 Å². The predicted octanol–water partition coefficient (Wildman–Crippen LogP) is 2.42. The van der Waals surface area contributed by atoms with Crippen LogP contribution >= 0.6 is 0 Å². The topological polar surface area (TPSA) is 58.3 Å². The van der Waals surface area contributed by atoms with Crippen LogP contribution < -0.4 is 11.1 Å². The molecule has 0 saturated heterocycles. The zero-order valence-electron chi connectivity index (χ0n) is 12.4. The number of nitrogens with one attached hydrogen (secondary N) is 1. The van der Waals surface area contributed by atoms with Crippen LogP contribution in [-0.2, 0) is 0 Å². The van der Waals surface area contributed by atoms with Gasteiger partial charge in [0.2, 0.25) is 0 Å². The molecule has 0 aliphatic heterocycles. The number of aliphatic hydroxyl groups is 1. The molecule has 3 nitrogen and oxygen atoms in total. The minimum absolute atomic E-state index is 0.136. The van der Waals surface area contributed by atoms with Crippen LogP contribution in [0.25, 0.3) is 0 Å². The summed E-state index contributed by atoms with van der Waals surface area (Å²) in [4.78, 5) is 0. The molecule has 1 aliphatic carbocycles. The van der Waals surface area contributed by atoms with Crippen molar-refractivity contribution in [2.24, 2.45) is 11.7 Å². The fourth-order valence-corrected chi connectivity index (χ4v) is 3.04. The summed E-state index contributed by atoms with van der Waals surface area (Å²) in [5, 5.41) is 13.5. The minimum atomic E-state index is -0.136. The van der Waals surface area contributed by atoms with E-state index in [-0.39, 0.29) is 6.10 Å². The molecule has 3 heteroatoms. The standard InChI is InChI=1S/C15H32N2O/c1-11(10-12(2)16)8-9-13(3)17-14-6-4-5-7-15(14)18/h11-15,17-18H,4-10,16H2,1-3H3. The molecule has 0 bridgehead atoms. The average molecular weight is 256 g/mol. The first-order chi connectivity index (χ1) is 8.49. The quantitative estimate of drug-likeness (QED) is 0.655. The van der Waals surface area contributed by atoms with Crippen LogP contribution in [-0.4, -0.2) is 29.3 Å². The molecule has 1 aliphatic rings. The fraction of sp³-hybridized carbons (Fsp3) is 1.00. The van der Waals surface area contributed by atoms with Gasteiger partial charge >= 0.3 is 0 Å². The molecule has 5 atom stereocenters. The lowest BCUT2D eigenvalue weighted by molar-refractivity contribution is 0.0849. The van der Waals surface area contributed by atoms with E-state index in [0.29, 0.717) is 24.0 Å². The molecule has 1 saturated carbocycles. The smallest absolute Gasteiger partial charge is 0.0693 e. The minimum Gasteiger partial charge on any atom is -0.392 e. The van der Waals surface area contributed by atoms with Gasteiger partial charge < -0.3 is 16.2 Å². The second-order valence-corrected chi connectivity index (χ2v) is 6.42. The van der Waals surface area contributed by atoms with Gasteiger partial charge in [-0.15, -0.1) is 0 Å². The van der Waals surface area contributed by atoms with Crippen LogP contribution in [0.1, 0.15) is 65.7 Å². The Morgan fingerprint density at radius 1 is 1.17 bits per heavy atom. The number of nitrogens with two attached hydrogens (primary N) is 1. The van der Waals surface area contributed by atoms with Crippen molar-refractivity contribution in [1.29, 1.82) is 0 Å². The molecule has 108 valence electrons. The second kappa shape index (κ2) is 8.13. The van der Waals surface area contributed by atoms with Gasteiger partial charge in [-0.3, -0.25) is 0 Å². The summed E-state index contributed by atoms with van der Waals surface area (Å²) in [6, 6.07) is 1.12. The van der Waals surface area contributed by atoms with Gasteiger partial charge in [0.25, 0.3) is 0 Å². The van der Waals surface area contributed by atoms with E-state index in [4.69, 9.17) is 5.73 Å². The predicted molar refractivity (Wildman–Crippen MR) is 77.5 cm³/mol. The van der Waals surface area contributed by atoms with E-state index in [0.717, 1.165) is 19.3 Å². The Kier molecular flexibility index (Phi) is 7.20. The second-order valence-electron chi connectivity index (χ2n) is 6.42. The highest BCUT2D eigenvalue weighted by Crippen LogP contribution is 2.20. The molecule has 1 fully saturated rings. The number of rotatable bonds is 7. The maximum atomic E-state index is 9.94. The SMILES string of the molecule is CC(N)CC(C)CCC(C)NC1CCCCC1O. The maximum absolute atomic E-state index is 9.94. The van der Waals surface area contributed by atoms with Gasteiger partial charge in [0.1, 0.15) is 0 Å². The molecule has 4 N–H and O–H groups in total. The molecular formula is C15H32N2O. The Hall–Kier alpha value is -0.120. The Morgan fingerprint density at radius 2 is 1.83 bits per heavy atom. The molecule has 1 rings (SSSR count). The van der Waals surface area contributed by atoms with Crippen LogP contribution in [0.4, 0.5) is 0 Å². The summed E-state index contributed by atoms with van der Waals surface area (Å²) in [6.45, 7) is 6.60. The summed E-state index contributed by atoms with van der Waals surface area (Å²) >= 11 is 0. The highest BCUT2D eigenvalue weighted by atomic mass is 16.3. The summed E-state index contributed by atoms with van der Waals surface area (Å²) < 4.78 is 0. The Labute approximate surface area is 113 Å². The third-order valence-corrected chi connectivity index (χ3v) is 4.09. The number of aliphatic hydroxyl groups excluding tert-OH is 1. The van der Waals surface area contributed by atoms with E-state index >= 15 is 0 Å². The van der Waals surface area contributed by atoms with Crippen molar-refractivity contribution in [2.75, 3.05) is 0 Å². The fourth-order valence-electron chi connectivity index (χ4n) is 3.04. The van der Waals surface area contributed by atoms with Gasteiger partial charge in [0, 0.05) is 18.1 Å². The van der Waals surface area contributed by atoms with Gasteiger partial charge in [-0.25, -0.2) is 0 Å². The van der Waals surface area contributed by atoms with Gasteiger partial charge in [-0.2, -0.15) is 0 Å². The van der Waals surface area contributed by atoms with E-state index in [2.05, 4.69) is 26.1 Å². The lowest BCUT2D eigenvalue weighted by atomic mass is 9.91. The monoisotopic (exact) mass is 256 g/mol. The van der Waals surface area contributed by atoms with Gasteiger partial charge in [-0.05, 0) is 51.9 Å². The number of hydrogen-bond donors (Lipinski definition) is 3. The van der Waals surface area contributed by atoms with Crippen molar-refractivity contribution in [3.8, 4) is 0 Å². The van der Waals surface area contributed by atoms with Gasteiger partial charge in [0.15, 0.2) is 0 Å². The lowest BCUT2D eigenvalue weighted by Gasteiger charge is -2.31. The Bertz CT molecular complexity index is 221. The summed E-state index contributed by atoms with van der Waals surface area (Å²) in [5.41, 5.74) is 5.82. The van der Waals surface area contributed by atoms with Crippen LogP contribution in [0, 0.1) is 5.92 Å². The van der Waals surface area contributed by atoms with E-state index in [9.17, 15) is 5.11 Å². The van der Waals surface area contributed by atoms with Crippen molar-refractivity contribution in [1.82, 2.24) is 5.32 Å². The molecule has 0 aromatic rings. The van der Waals surface area contributed by atoms with E-state index in [1.165, 1.54) is 25.7 Å².